The van der Waals surface area contributed by atoms with E-state index in [1.54, 1.807) is 6.92 Å². The van der Waals surface area contributed by atoms with Gasteiger partial charge >= 0.3 is 5.91 Å². The Hall–Kier alpha value is -0.410. The molecule has 0 saturated carbocycles. The molecule has 0 unspecified atom stereocenters. The molecule has 1 fully saturated rings. The molecule has 1 saturated heterocycles. The Morgan fingerprint density at radius 1 is 1.33 bits per heavy atom. The Morgan fingerprint density at radius 3 is 2.33 bits per heavy atom. The topological polar surface area (TPSA) is 37.3 Å². The largest absolute Gasteiger partial charge is 0.390 e. The molecule has 3 nitrogen and oxygen atoms in total. The van der Waals surface area contributed by atoms with Crippen LogP contribution in [0.5, 0.6) is 0 Å². The molecular weight excluding hydrogens is 154 g/mol. The minimum atomic E-state index is 0.125. The van der Waals surface area contributed by atoms with Crippen LogP contribution in [0.15, 0.2) is 0 Å². The average Bonchev–Trinajstić information content (AvgIpc) is 2.06. The van der Waals surface area contributed by atoms with Crippen molar-refractivity contribution in [2.45, 2.75) is 26.2 Å². The van der Waals surface area contributed by atoms with Crippen LogP contribution in [-0.2, 0) is 4.79 Å². The molecule has 0 aromatic carbocycles. The van der Waals surface area contributed by atoms with Gasteiger partial charge in [0.25, 0.3) is 0 Å². The molecule has 1 N–H and O–H groups in total. The third kappa shape index (κ3) is 1.84. The summed E-state index contributed by atoms with van der Waals surface area (Å²) in [5.74, 6) is 0.212. The molecular formula is C9H18NO2+. The second-order valence-electron chi connectivity index (χ2n) is 3.62. The lowest BCUT2D eigenvalue weighted by molar-refractivity contribution is -0.859. The maximum atomic E-state index is 11.4. The van der Waals surface area contributed by atoms with Crippen LogP contribution in [0.4, 0.5) is 0 Å². The van der Waals surface area contributed by atoms with Crippen LogP contribution in [0.2, 0.25) is 0 Å². The van der Waals surface area contributed by atoms with Crippen molar-refractivity contribution in [3.8, 4) is 0 Å². The number of carbonyl (C=O) groups is 1. The summed E-state index contributed by atoms with van der Waals surface area (Å²) in [5.41, 5.74) is 0. The fourth-order valence-corrected chi connectivity index (χ4v) is 2.00. The molecule has 0 bridgehead atoms. The number of hydrogen-bond acceptors (Lipinski definition) is 2. The minimum absolute atomic E-state index is 0.125. The van der Waals surface area contributed by atoms with Crippen molar-refractivity contribution in [3.05, 3.63) is 0 Å². The van der Waals surface area contributed by atoms with Gasteiger partial charge in [-0.3, -0.25) is 4.48 Å². The highest BCUT2D eigenvalue weighted by Gasteiger charge is 2.34. The lowest BCUT2D eigenvalue weighted by Crippen LogP contribution is -2.56. The standard InChI is InChI=1S/C9H18NO2/c1-9(12)10(7-8-11)5-3-2-4-6-10/h11H,2-8H2,1H3/q+1. The van der Waals surface area contributed by atoms with E-state index in [1.165, 1.54) is 6.42 Å². The van der Waals surface area contributed by atoms with E-state index in [4.69, 9.17) is 5.11 Å². The van der Waals surface area contributed by atoms with E-state index in [0.29, 0.717) is 11.0 Å². The maximum absolute atomic E-state index is 11.4. The van der Waals surface area contributed by atoms with E-state index >= 15 is 0 Å². The number of piperidine rings is 1. The second-order valence-corrected chi connectivity index (χ2v) is 3.62. The van der Waals surface area contributed by atoms with Gasteiger partial charge < -0.3 is 5.11 Å². The third-order valence-corrected chi connectivity index (χ3v) is 2.87. The fraction of sp³-hybridized carbons (Fsp3) is 0.889. The molecule has 70 valence electrons. The van der Waals surface area contributed by atoms with Crippen LogP contribution in [-0.4, -0.2) is 41.7 Å². The molecule has 12 heavy (non-hydrogen) atoms. The van der Waals surface area contributed by atoms with Gasteiger partial charge in [0.2, 0.25) is 0 Å². The summed E-state index contributed by atoms with van der Waals surface area (Å²) in [6.45, 7) is 4.22. The first-order chi connectivity index (χ1) is 5.71. The van der Waals surface area contributed by atoms with E-state index in [2.05, 4.69) is 0 Å². The predicted molar refractivity (Wildman–Crippen MR) is 46.5 cm³/mol. The zero-order valence-corrected chi connectivity index (χ0v) is 7.75. The first-order valence-corrected chi connectivity index (χ1v) is 4.69. The highest BCUT2D eigenvalue weighted by atomic mass is 16.3. The van der Waals surface area contributed by atoms with Crippen molar-refractivity contribution in [1.82, 2.24) is 0 Å². The second kappa shape index (κ2) is 4.01. The van der Waals surface area contributed by atoms with E-state index in [0.717, 1.165) is 25.9 Å². The van der Waals surface area contributed by atoms with E-state index < -0.39 is 0 Å². The SMILES string of the molecule is CC(=O)[N+]1(CCO)CCCCC1. The number of rotatable bonds is 2. The van der Waals surface area contributed by atoms with Crippen molar-refractivity contribution in [2.75, 3.05) is 26.2 Å². The van der Waals surface area contributed by atoms with Gasteiger partial charge in [-0.25, -0.2) is 4.79 Å². The van der Waals surface area contributed by atoms with Crippen molar-refractivity contribution < 1.29 is 14.4 Å². The van der Waals surface area contributed by atoms with Gasteiger partial charge in [0.15, 0.2) is 0 Å². The van der Waals surface area contributed by atoms with Gasteiger partial charge in [-0.05, 0) is 19.3 Å². The van der Waals surface area contributed by atoms with Crippen LogP contribution in [0.3, 0.4) is 0 Å². The molecule has 0 aliphatic carbocycles. The zero-order chi connectivity index (χ0) is 9.03. The normalized spacial score (nSPS) is 22.2. The Morgan fingerprint density at radius 2 is 1.92 bits per heavy atom. The van der Waals surface area contributed by atoms with Crippen molar-refractivity contribution >= 4 is 5.91 Å². The molecule has 1 aliphatic rings. The lowest BCUT2D eigenvalue weighted by atomic mass is 10.1. The van der Waals surface area contributed by atoms with Gasteiger partial charge in [0, 0.05) is 0 Å². The Bertz CT molecular complexity index is 156. The number of aliphatic hydroxyl groups is 1. The molecule has 0 aromatic heterocycles. The van der Waals surface area contributed by atoms with Crippen LogP contribution in [0.1, 0.15) is 26.2 Å². The number of aliphatic hydroxyl groups excluding tert-OH is 1. The van der Waals surface area contributed by atoms with Crippen molar-refractivity contribution in [2.24, 2.45) is 0 Å². The maximum Gasteiger partial charge on any atom is 0.310 e. The van der Waals surface area contributed by atoms with Gasteiger partial charge in [-0.1, -0.05) is 0 Å². The molecule has 1 aliphatic heterocycles. The molecule has 0 spiro atoms. The molecule has 1 rings (SSSR count). The number of nitrogens with zero attached hydrogens (tertiary/aromatic N) is 1. The minimum Gasteiger partial charge on any atom is -0.390 e. The smallest absolute Gasteiger partial charge is 0.310 e. The highest BCUT2D eigenvalue weighted by Crippen LogP contribution is 2.18. The summed E-state index contributed by atoms with van der Waals surface area (Å²) in [5, 5.41) is 8.86. The Kier molecular flexibility index (Phi) is 3.23. The summed E-state index contributed by atoms with van der Waals surface area (Å²) in [7, 11) is 0. The summed E-state index contributed by atoms with van der Waals surface area (Å²) < 4.78 is 0.510. The van der Waals surface area contributed by atoms with E-state index in [1.807, 2.05) is 0 Å². The molecule has 1 amide bonds. The number of carbonyl (C=O) groups excluding carboxylic acids is 1. The summed E-state index contributed by atoms with van der Waals surface area (Å²) in [4.78, 5) is 11.4. The van der Waals surface area contributed by atoms with Crippen LogP contribution < -0.4 is 0 Å². The quantitative estimate of drug-likeness (QED) is 0.617. The monoisotopic (exact) mass is 172 g/mol. The van der Waals surface area contributed by atoms with Crippen LogP contribution >= 0.6 is 0 Å². The molecule has 0 aromatic rings. The number of quaternary nitrogens is 1. The van der Waals surface area contributed by atoms with Crippen LogP contribution in [0, 0.1) is 0 Å². The van der Waals surface area contributed by atoms with Gasteiger partial charge in [0.05, 0.1) is 26.6 Å². The lowest BCUT2D eigenvalue weighted by Gasteiger charge is -2.37. The van der Waals surface area contributed by atoms with Gasteiger partial charge in [-0.15, -0.1) is 0 Å². The summed E-state index contributed by atoms with van der Waals surface area (Å²) in [6, 6.07) is 0. The fourth-order valence-electron chi connectivity index (χ4n) is 2.00. The number of amides is 1. The van der Waals surface area contributed by atoms with Gasteiger partial charge in [0.1, 0.15) is 6.54 Å². The van der Waals surface area contributed by atoms with Gasteiger partial charge in [-0.2, -0.15) is 0 Å². The van der Waals surface area contributed by atoms with Crippen LogP contribution in [0.25, 0.3) is 0 Å². The Balaban J connectivity index is 2.63. The first-order valence-electron chi connectivity index (χ1n) is 4.69. The summed E-state index contributed by atoms with van der Waals surface area (Å²) in [6.07, 6.45) is 3.48. The number of likely N-dealkylation sites (tertiary alicyclic amines) is 1. The highest BCUT2D eigenvalue weighted by molar-refractivity contribution is 5.65. The first kappa shape index (κ1) is 9.68. The molecule has 0 atom stereocenters. The number of hydrogen-bond donors (Lipinski definition) is 1. The molecule has 0 radical (unpaired) electrons. The summed E-state index contributed by atoms with van der Waals surface area (Å²) >= 11 is 0. The zero-order valence-electron chi connectivity index (χ0n) is 7.75. The average molecular weight is 172 g/mol. The third-order valence-electron chi connectivity index (χ3n) is 2.87. The van der Waals surface area contributed by atoms with Crippen molar-refractivity contribution in [1.29, 1.82) is 0 Å². The van der Waals surface area contributed by atoms with Crippen molar-refractivity contribution in [3.63, 3.8) is 0 Å². The molecule has 1 heterocycles. The Labute approximate surface area is 73.6 Å². The van der Waals surface area contributed by atoms with E-state index in [9.17, 15) is 4.79 Å². The molecule has 3 heteroatoms. The van der Waals surface area contributed by atoms with E-state index in [-0.39, 0.29) is 12.5 Å². The predicted octanol–water partition coefficient (Wildman–Crippen LogP) is 0.526.